The van der Waals surface area contributed by atoms with Crippen LogP contribution in [0.5, 0.6) is 0 Å². The maximum Gasteiger partial charge on any atom is 0.0768 e. The molecular formula is C11H21N3O. The lowest BCUT2D eigenvalue weighted by Gasteiger charge is -2.22. The van der Waals surface area contributed by atoms with Gasteiger partial charge in [0.15, 0.2) is 0 Å². The Morgan fingerprint density at radius 1 is 1.53 bits per heavy atom. The molecule has 4 nitrogen and oxygen atoms in total. The molecule has 0 bridgehead atoms. The number of ether oxygens (including phenoxy) is 1. The minimum absolute atomic E-state index is 0.0707. The van der Waals surface area contributed by atoms with Crippen LogP contribution in [-0.4, -0.2) is 22.5 Å². The highest BCUT2D eigenvalue weighted by atomic mass is 16.5. The third-order valence-electron chi connectivity index (χ3n) is 2.46. The molecule has 0 saturated carbocycles. The first kappa shape index (κ1) is 12.2. The summed E-state index contributed by atoms with van der Waals surface area (Å²) in [5, 5.41) is 4.12. The highest BCUT2D eigenvalue weighted by molar-refractivity contribution is 5.11. The van der Waals surface area contributed by atoms with Crippen molar-refractivity contribution in [1.82, 2.24) is 9.78 Å². The summed E-state index contributed by atoms with van der Waals surface area (Å²) >= 11 is 0. The largest absolute Gasteiger partial charge is 0.377 e. The molecule has 0 spiro atoms. The highest BCUT2D eigenvalue weighted by Crippen LogP contribution is 2.19. The fourth-order valence-corrected chi connectivity index (χ4v) is 1.69. The molecular weight excluding hydrogens is 190 g/mol. The van der Waals surface area contributed by atoms with Crippen LogP contribution in [0.2, 0.25) is 0 Å². The molecule has 0 saturated heterocycles. The van der Waals surface area contributed by atoms with Crippen molar-refractivity contribution in [2.75, 3.05) is 6.61 Å². The summed E-state index contributed by atoms with van der Waals surface area (Å²) in [7, 11) is 1.89. The van der Waals surface area contributed by atoms with Crippen LogP contribution in [0.3, 0.4) is 0 Å². The lowest BCUT2D eigenvalue weighted by molar-refractivity contribution is 0.0374. The number of rotatable bonds is 6. The first-order chi connectivity index (χ1) is 7.19. The van der Waals surface area contributed by atoms with Gasteiger partial charge in [0, 0.05) is 25.4 Å². The lowest BCUT2D eigenvalue weighted by atomic mass is 10.0. The number of hydrogen-bond donors (Lipinski definition) is 1. The van der Waals surface area contributed by atoms with Gasteiger partial charge in [0.25, 0.3) is 0 Å². The van der Waals surface area contributed by atoms with Gasteiger partial charge in [0.1, 0.15) is 0 Å². The van der Waals surface area contributed by atoms with Crippen LogP contribution in [0.4, 0.5) is 0 Å². The molecule has 4 heteroatoms. The van der Waals surface area contributed by atoms with Crippen LogP contribution < -0.4 is 5.73 Å². The Morgan fingerprint density at radius 2 is 2.27 bits per heavy atom. The van der Waals surface area contributed by atoms with Crippen molar-refractivity contribution >= 4 is 0 Å². The van der Waals surface area contributed by atoms with Crippen LogP contribution in [0.25, 0.3) is 0 Å². The molecule has 15 heavy (non-hydrogen) atoms. The minimum Gasteiger partial charge on any atom is -0.377 e. The Morgan fingerprint density at radius 3 is 2.73 bits per heavy atom. The van der Waals surface area contributed by atoms with E-state index in [-0.39, 0.29) is 12.1 Å². The van der Waals surface area contributed by atoms with Crippen molar-refractivity contribution in [3.05, 3.63) is 18.0 Å². The van der Waals surface area contributed by atoms with Crippen molar-refractivity contribution in [3.8, 4) is 0 Å². The average Bonchev–Trinajstić information content (AvgIpc) is 2.63. The quantitative estimate of drug-likeness (QED) is 0.778. The van der Waals surface area contributed by atoms with E-state index in [4.69, 9.17) is 10.5 Å². The summed E-state index contributed by atoms with van der Waals surface area (Å²) in [4.78, 5) is 0. The summed E-state index contributed by atoms with van der Waals surface area (Å²) in [5.41, 5.74) is 7.19. The van der Waals surface area contributed by atoms with Crippen LogP contribution in [0.15, 0.2) is 12.4 Å². The standard InChI is InChI=1S/C11H21N3O/c1-4-6-10(15-5-2)11(12)9-7-13-14(3)8-9/h7-8,10-11H,4-6,12H2,1-3H3. The van der Waals surface area contributed by atoms with E-state index < -0.39 is 0 Å². The molecule has 86 valence electrons. The second-order valence-corrected chi connectivity index (χ2v) is 3.76. The van der Waals surface area contributed by atoms with E-state index in [2.05, 4.69) is 12.0 Å². The SMILES string of the molecule is CCCC(OCC)C(N)c1cnn(C)c1. The molecule has 2 atom stereocenters. The number of aromatic nitrogens is 2. The number of aryl methyl sites for hydroxylation is 1. The number of nitrogens with zero attached hydrogens (tertiary/aromatic N) is 2. The molecule has 1 aromatic heterocycles. The Hall–Kier alpha value is -0.870. The van der Waals surface area contributed by atoms with Crippen molar-refractivity contribution in [1.29, 1.82) is 0 Å². The van der Waals surface area contributed by atoms with E-state index in [0.717, 1.165) is 18.4 Å². The van der Waals surface area contributed by atoms with E-state index >= 15 is 0 Å². The Labute approximate surface area is 91.4 Å². The van der Waals surface area contributed by atoms with Crippen LogP contribution >= 0.6 is 0 Å². The fraction of sp³-hybridized carbons (Fsp3) is 0.727. The maximum absolute atomic E-state index is 6.15. The monoisotopic (exact) mass is 211 g/mol. The van der Waals surface area contributed by atoms with E-state index in [1.54, 1.807) is 4.68 Å². The second-order valence-electron chi connectivity index (χ2n) is 3.76. The second kappa shape index (κ2) is 5.88. The predicted octanol–water partition coefficient (Wildman–Crippen LogP) is 1.63. The molecule has 1 aromatic rings. The van der Waals surface area contributed by atoms with Gasteiger partial charge in [-0.2, -0.15) is 5.10 Å². The smallest absolute Gasteiger partial charge is 0.0768 e. The van der Waals surface area contributed by atoms with Crippen molar-refractivity contribution in [3.63, 3.8) is 0 Å². The van der Waals surface area contributed by atoms with Gasteiger partial charge in [-0.05, 0) is 13.3 Å². The van der Waals surface area contributed by atoms with Crippen LogP contribution in [0, 0.1) is 0 Å². The molecule has 0 aliphatic carbocycles. The Bertz CT molecular complexity index is 279. The summed E-state index contributed by atoms with van der Waals surface area (Å²) in [6.45, 7) is 4.85. The topological polar surface area (TPSA) is 53.1 Å². The van der Waals surface area contributed by atoms with Gasteiger partial charge in [-0.1, -0.05) is 13.3 Å². The van der Waals surface area contributed by atoms with Crippen LogP contribution in [0.1, 0.15) is 38.3 Å². The van der Waals surface area contributed by atoms with E-state index in [1.807, 2.05) is 26.4 Å². The normalized spacial score (nSPS) is 15.2. The molecule has 1 rings (SSSR count). The fourth-order valence-electron chi connectivity index (χ4n) is 1.69. The van der Waals surface area contributed by atoms with Crippen molar-refractivity contribution in [2.45, 2.75) is 38.8 Å². The lowest BCUT2D eigenvalue weighted by Crippen LogP contribution is -2.28. The molecule has 0 radical (unpaired) electrons. The van der Waals surface area contributed by atoms with Gasteiger partial charge >= 0.3 is 0 Å². The molecule has 0 aromatic carbocycles. The molecule has 1 heterocycles. The maximum atomic E-state index is 6.15. The minimum atomic E-state index is -0.0707. The third-order valence-corrected chi connectivity index (χ3v) is 2.46. The van der Waals surface area contributed by atoms with Gasteiger partial charge in [0.2, 0.25) is 0 Å². The zero-order valence-electron chi connectivity index (χ0n) is 9.81. The molecule has 2 N–H and O–H groups in total. The Balaban J connectivity index is 2.66. The van der Waals surface area contributed by atoms with Crippen molar-refractivity contribution < 1.29 is 4.74 Å². The summed E-state index contributed by atoms with van der Waals surface area (Å²) in [6.07, 6.45) is 5.94. The first-order valence-electron chi connectivity index (χ1n) is 5.54. The Kier molecular flexibility index (Phi) is 4.78. The van der Waals surface area contributed by atoms with Gasteiger partial charge in [-0.3, -0.25) is 4.68 Å². The van der Waals surface area contributed by atoms with Gasteiger partial charge < -0.3 is 10.5 Å². The molecule has 0 aliphatic rings. The van der Waals surface area contributed by atoms with E-state index in [9.17, 15) is 0 Å². The molecule has 2 unspecified atom stereocenters. The molecule has 0 fully saturated rings. The molecule has 0 amide bonds. The van der Waals surface area contributed by atoms with E-state index in [1.165, 1.54) is 0 Å². The van der Waals surface area contributed by atoms with E-state index in [0.29, 0.717) is 6.61 Å². The highest BCUT2D eigenvalue weighted by Gasteiger charge is 2.19. The first-order valence-corrected chi connectivity index (χ1v) is 5.54. The van der Waals surface area contributed by atoms with Crippen LogP contribution in [-0.2, 0) is 11.8 Å². The zero-order chi connectivity index (χ0) is 11.3. The van der Waals surface area contributed by atoms with Gasteiger partial charge in [0.05, 0.1) is 18.3 Å². The number of nitrogens with two attached hydrogens (primary N) is 1. The zero-order valence-corrected chi connectivity index (χ0v) is 9.81. The third kappa shape index (κ3) is 3.32. The van der Waals surface area contributed by atoms with Gasteiger partial charge in [-0.15, -0.1) is 0 Å². The molecule has 0 aliphatic heterocycles. The van der Waals surface area contributed by atoms with Gasteiger partial charge in [-0.25, -0.2) is 0 Å². The van der Waals surface area contributed by atoms with Crippen molar-refractivity contribution in [2.24, 2.45) is 12.8 Å². The average molecular weight is 211 g/mol. The summed E-state index contributed by atoms with van der Waals surface area (Å²) in [5.74, 6) is 0. The summed E-state index contributed by atoms with van der Waals surface area (Å²) in [6, 6.07) is -0.0707. The predicted molar refractivity (Wildman–Crippen MR) is 60.5 cm³/mol. The summed E-state index contributed by atoms with van der Waals surface area (Å²) < 4.78 is 7.41. The number of hydrogen-bond acceptors (Lipinski definition) is 3.